The number of hydrogen-bond acceptors (Lipinski definition) is 6. The Morgan fingerprint density at radius 1 is 0.885 bits per heavy atom. The van der Waals surface area contributed by atoms with Crippen LogP contribution in [0.4, 0.5) is 0 Å². The van der Waals surface area contributed by atoms with Gasteiger partial charge in [-0.05, 0) is 51.4 Å². The number of nitrogens with zero attached hydrogens (tertiary/aromatic N) is 4. The molecule has 2 rings (SSSR count). The maximum absolute atomic E-state index is 12.6. The molecule has 0 N–H and O–H groups in total. The van der Waals surface area contributed by atoms with E-state index in [-0.39, 0.29) is 20.4 Å². The molecule has 0 amide bonds. The highest BCUT2D eigenvalue weighted by molar-refractivity contribution is 6.17. The van der Waals surface area contributed by atoms with Crippen LogP contribution in [0.5, 0.6) is 0 Å². The lowest BCUT2D eigenvalue weighted by atomic mass is 9.74. The van der Waals surface area contributed by atoms with Gasteiger partial charge >= 0.3 is 5.97 Å². The third kappa shape index (κ3) is 4.24. The fourth-order valence-corrected chi connectivity index (χ4v) is 5.11. The fourth-order valence-electron chi connectivity index (χ4n) is 3.95. The largest absolute Gasteiger partial charge is 0.429 e. The van der Waals surface area contributed by atoms with Crippen LogP contribution in [-0.4, -0.2) is 44.2 Å². The molecule has 0 saturated heterocycles. The lowest BCUT2D eigenvalue weighted by Gasteiger charge is -2.38. The van der Waals surface area contributed by atoms with Crippen molar-refractivity contribution in [1.82, 2.24) is 0 Å². The van der Waals surface area contributed by atoms with E-state index in [4.69, 9.17) is 4.74 Å². The van der Waals surface area contributed by atoms with E-state index in [9.17, 15) is 25.8 Å². The molecule has 0 heterocycles. The van der Waals surface area contributed by atoms with Crippen molar-refractivity contribution in [3.63, 3.8) is 0 Å². The maximum Gasteiger partial charge on any atom is 0.311 e. The second-order valence-corrected chi connectivity index (χ2v) is 12.1. The highest BCUT2D eigenvalue weighted by Crippen LogP contribution is 2.47. The van der Waals surface area contributed by atoms with Crippen molar-refractivity contribution in [1.29, 1.82) is 21.0 Å². The number of nitriles is 4. The van der Waals surface area contributed by atoms with Crippen molar-refractivity contribution in [2.24, 2.45) is 11.8 Å². The van der Waals surface area contributed by atoms with Crippen LogP contribution in [0.25, 0.3) is 0 Å². The summed E-state index contributed by atoms with van der Waals surface area (Å²) in [5, 5.41) is 37.8. The van der Waals surface area contributed by atoms with Crippen molar-refractivity contribution in [3.8, 4) is 24.3 Å². The first kappa shape index (κ1) is 20.8. The van der Waals surface area contributed by atoms with Crippen LogP contribution in [0.2, 0.25) is 8.55 Å². The third-order valence-corrected chi connectivity index (χ3v) is 8.67. The number of carbonyl (C=O) groups excluding carboxylic acids is 1. The van der Waals surface area contributed by atoms with Crippen LogP contribution >= 0.6 is 0 Å². The van der Waals surface area contributed by atoms with Crippen molar-refractivity contribution >= 4 is 38.5 Å². The molecule has 0 radical (unpaired) electrons. The van der Waals surface area contributed by atoms with Gasteiger partial charge < -0.3 is 4.74 Å². The second-order valence-electron chi connectivity index (χ2n) is 8.27. The molecule has 0 aromatic carbocycles. The molecule has 0 aliphatic heterocycles. The summed E-state index contributed by atoms with van der Waals surface area (Å²) in [5.41, 5.74) is -1.76. The van der Waals surface area contributed by atoms with E-state index in [1.54, 1.807) is 0 Å². The minimum absolute atomic E-state index is 0.271. The predicted octanol–water partition coefficient (Wildman–Crippen LogP) is 1.33. The smallest absolute Gasteiger partial charge is 0.311 e. The number of carbonyl (C=O) groups is 1. The molecule has 2 fully saturated rings. The van der Waals surface area contributed by atoms with Crippen LogP contribution in [0.15, 0.2) is 0 Å². The lowest BCUT2D eigenvalue weighted by Crippen LogP contribution is -2.44. The molecule has 0 spiro atoms. The number of esters is 1. The molecule has 2 aliphatic carbocycles. The van der Waals surface area contributed by atoms with Crippen molar-refractivity contribution < 1.29 is 9.53 Å². The van der Waals surface area contributed by atoms with E-state index in [0.717, 1.165) is 32.6 Å². The average molecular weight is 380 g/mol. The monoisotopic (exact) mass is 380 g/mol. The third-order valence-electron chi connectivity index (χ3n) is 6.22. The van der Waals surface area contributed by atoms with E-state index in [0.29, 0.717) is 51.4 Å². The molecule has 2 saturated carbocycles. The van der Waals surface area contributed by atoms with Gasteiger partial charge in [0.25, 0.3) is 5.60 Å². The predicted molar refractivity (Wildman–Crippen MR) is 97.7 cm³/mol. The Bertz CT molecular complexity index is 710. The topological polar surface area (TPSA) is 121 Å². The summed E-state index contributed by atoms with van der Waals surface area (Å²) in [6.07, 6.45) is 4.90. The summed E-state index contributed by atoms with van der Waals surface area (Å²) in [4.78, 5) is 12.6. The van der Waals surface area contributed by atoms with Crippen LogP contribution in [0, 0.1) is 57.2 Å². The molecule has 0 aromatic rings. The number of hydrogen-bond donors (Lipinski definition) is 0. The summed E-state index contributed by atoms with van der Waals surface area (Å²) < 4.78 is 4.94. The van der Waals surface area contributed by atoms with Gasteiger partial charge in [0.05, 0.1) is 18.1 Å². The molecule has 0 bridgehead atoms. The van der Waals surface area contributed by atoms with Gasteiger partial charge in [0.15, 0.2) is 0 Å². The Labute approximate surface area is 170 Å². The Morgan fingerprint density at radius 2 is 1.31 bits per heavy atom. The molecule has 6 nitrogen and oxygen atoms in total. The average Bonchev–Trinajstić information content (AvgIpc) is 2.67. The number of rotatable bonds is 3. The fraction of sp³-hybridized carbons (Fsp3) is 0.722. The Hall–Kier alpha value is -1.51. The highest BCUT2D eigenvalue weighted by Gasteiger charge is 2.48. The van der Waals surface area contributed by atoms with Gasteiger partial charge in [-0.15, -0.1) is 0 Å². The molecule has 132 valence electrons. The minimum atomic E-state index is -1.76. The van der Waals surface area contributed by atoms with E-state index >= 15 is 0 Å². The van der Waals surface area contributed by atoms with Gasteiger partial charge in [-0.3, -0.25) is 4.79 Å². The molecule has 0 aromatic heterocycles. The van der Waals surface area contributed by atoms with Crippen molar-refractivity contribution in [2.75, 3.05) is 0 Å². The Morgan fingerprint density at radius 3 is 1.69 bits per heavy atom. The first-order valence-corrected chi connectivity index (χ1v) is 11.1. The summed E-state index contributed by atoms with van der Waals surface area (Å²) in [6, 6.07) is 8.63. The van der Waals surface area contributed by atoms with Crippen molar-refractivity contribution in [2.45, 2.75) is 65.5 Å². The SMILES string of the molecule is N#C[C]1([AlH2])CCC(C(=O)OC(C#N)(C#N)C2CC[C]([AlH2])(C#N)CC2)CC1. The standard InChI is InChI=1S/C18H18N4O2.2Al.4H/c19-9-13-1-5-15(6-2-13)17(23)24-18(11-21,12-22)16-7-3-14(10-20)4-8-16;;;;;;/h15-16H,1-8H2;;;;;;. The maximum atomic E-state index is 12.6. The first-order chi connectivity index (χ1) is 12.3. The quantitative estimate of drug-likeness (QED) is 0.538. The molecule has 2 aliphatic rings. The van der Waals surface area contributed by atoms with Gasteiger partial charge in [0, 0.05) is 14.5 Å². The summed E-state index contributed by atoms with van der Waals surface area (Å²) in [7, 11) is 0. The summed E-state index contributed by atoms with van der Waals surface area (Å²) in [5.74, 6) is -1.18. The zero-order valence-corrected chi connectivity index (χ0v) is 19.4. The van der Waals surface area contributed by atoms with E-state index in [1.807, 2.05) is 12.1 Å². The van der Waals surface area contributed by atoms with Gasteiger partial charge in [-0.1, -0.05) is 0 Å². The van der Waals surface area contributed by atoms with Crippen molar-refractivity contribution in [3.05, 3.63) is 0 Å². The van der Waals surface area contributed by atoms with Crippen LogP contribution < -0.4 is 0 Å². The minimum Gasteiger partial charge on any atom is -0.429 e. The van der Waals surface area contributed by atoms with E-state index in [2.05, 4.69) is 12.1 Å². The second kappa shape index (κ2) is 8.02. The number of ether oxygens (including phenoxy) is 1. The van der Waals surface area contributed by atoms with Gasteiger partial charge in [-0.2, -0.15) is 21.0 Å². The molecule has 0 atom stereocenters. The summed E-state index contributed by atoms with van der Waals surface area (Å²) in [6.45, 7) is 0. The Balaban J connectivity index is 2.06. The van der Waals surface area contributed by atoms with Crippen LogP contribution in [-0.2, 0) is 9.53 Å². The highest BCUT2D eigenvalue weighted by atomic mass is 27.1. The molecular weight excluding hydrogens is 358 g/mol. The van der Waals surface area contributed by atoms with Gasteiger partial charge in [-0.25, -0.2) is 0 Å². The molecule has 26 heavy (non-hydrogen) atoms. The van der Waals surface area contributed by atoms with Crippen LogP contribution in [0.1, 0.15) is 51.4 Å². The first-order valence-electron chi connectivity index (χ1n) is 9.13. The molecule has 8 heteroatoms. The normalized spacial score (nSPS) is 34.3. The zero-order valence-electron chi connectivity index (χ0n) is 15.4. The van der Waals surface area contributed by atoms with Gasteiger partial charge in [0.2, 0.25) is 32.6 Å². The Kier molecular flexibility index (Phi) is 6.42. The van der Waals surface area contributed by atoms with E-state index < -0.39 is 11.6 Å². The van der Waals surface area contributed by atoms with Gasteiger partial charge in [0.1, 0.15) is 12.1 Å². The van der Waals surface area contributed by atoms with E-state index in [1.165, 1.54) is 0 Å². The molecule has 0 unspecified atom stereocenters. The zero-order chi connectivity index (χ0) is 19.4. The summed E-state index contributed by atoms with van der Waals surface area (Å²) >= 11 is 1.53. The van der Waals surface area contributed by atoms with Crippen LogP contribution in [0.3, 0.4) is 0 Å². The lowest BCUT2D eigenvalue weighted by molar-refractivity contribution is -0.161. The molecular formula is C18H22Al2N4O2.